The Morgan fingerprint density at radius 2 is 1.96 bits per heavy atom. The number of fused-ring (bicyclic) bond motifs is 1. The number of hydrogen-bond donors (Lipinski definition) is 1. The van der Waals surface area contributed by atoms with Gasteiger partial charge in [-0.15, -0.1) is 0 Å². The maximum absolute atomic E-state index is 12.6. The molecule has 1 fully saturated rings. The predicted octanol–water partition coefficient (Wildman–Crippen LogP) is -0.858. The molecule has 1 amide bonds. The summed E-state index contributed by atoms with van der Waals surface area (Å²) in [5.74, 6) is -0.0359. The third-order valence-electron chi connectivity index (χ3n) is 4.69. The van der Waals surface area contributed by atoms with Crippen molar-refractivity contribution in [2.75, 3.05) is 45.5 Å². The highest BCUT2D eigenvalue weighted by atomic mass is 32.2. The fraction of sp³-hybridized carbons (Fsp3) is 0.562. The Kier molecular flexibility index (Phi) is 5.36. The number of rotatable bonds is 5. The zero-order valence-corrected chi connectivity index (χ0v) is 16.4. The maximum Gasteiger partial charge on any atom is 0.265 e. The van der Waals surface area contributed by atoms with Crippen molar-refractivity contribution in [3.05, 3.63) is 28.0 Å². The Balaban J connectivity index is 1.61. The highest BCUT2D eigenvalue weighted by Gasteiger charge is 2.24. The molecule has 1 saturated heterocycles. The first kappa shape index (κ1) is 19.5. The Bertz CT molecular complexity index is 1020. The number of carbonyl (C=O) groups is 1. The van der Waals surface area contributed by atoms with E-state index >= 15 is 0 Å². The number of aryl methyl sites for hydroxylation is 2. The second-order valence-corrected chi connectivity index (χ2v) is 8.62. The van der Waals surface area contributed by atoms with E-state index in [0.717, 1.165) is 0 Å². The van der Waals surface area contributed by atoms with Crippen LogP contribution in [0.15, 0.2) is 15.5 Å². The molecule has 0 spiro atoms. The van der Waals surface area contributed by atoms with Crippen molar-refractivity contribution in [3.8, 4) is 0 Å². The summed E-state index contributed by atoms with van der Waals surface area (Å²) in [4.78, 5) is 31.0. The molecule has 0 atom stereocenters. The van der Waals surface area contributed by atoms with E-state index in [-0.39, 0.29) is 28.1 Å². The van der Waals surface area contributed by atoms with Crippen LogP contribution in [0.3, 0.4) is 0 Å². The number of hydrogen-bond acceptors (Lipinski definition) is 7. The summed E-state index contributed by atoms with van der Waals surface area (Å²) in [7, 11) is -1.59. The first-order valence-corrected chi connectivity index (χ1v) is 10.4. The van der Waals surface area contributed by atoms with E-state index in [9.17, 15) is 18.0 Å². The minimum absolute atomic E-state index is 0.151. The van der Waals surface area contributed by atoms with Gasteiger partial charge in [0.05, 0.1) is 11.8 Å². The highest BCUT2D eigenvalue weighted by Crippen LogP contribution is 2.20. The van der Waals surface area contributed by atoms with Crippen LogP contribution in [0, 0.1) is 6.92 Å². The molecule has 0 bridgehead atoms. The molecule has 0 aromatic carbocycles. The molecule has 1 aliphatic heterocycles. The molecule has 3 heterocycles. The van der Waals surface area contributed by atoms with Crippen molar-refractivity contribution >= 4 is 27.0 Å². The van der Waals surface area contributed by atoms with Gasteiger partial charge in [0.2, 0.25) is 15.7 Å². The molecule has 2 aromatic heterocycles. The van der Waals surface area contributed by atoms with Crippen LogP contribution in [0.4, 0.5) is 0 Å². The number of furan rings is 1. The summed E-state index contributed by atoms with van der Waals surface area (Å²) in [6.45, 7) is 4.71. The summed E-state index contributed by atoms with van der Waals surface area (Å²) in [6, 6.07) is 0. The third kappa shape index (κ3) is 4.04. The van der Waals surface area contributed by atoms with Crippen LogP contribution in [0.2, 0.25) is 0 Å². The maximum atomic E-state index is 12.6. The molecule has 0 unspecified atom stereocenters. The van der Waals surface area contributed by atoms with E-state index in [4.69, 9.17) is 4.42 Å². The Hall–Kier alpha value is -2.24. The third-order valence-corrected chi connectivity index (χ3v) is 5.99. The lowest BCUT2D eigenvalue weighted by Gasteiger charge is -2.33. The van der Waals surface area contributed by atoms with Gasteiger partial charge in [0.1, 0.15) is 17.5 Å². The van der Waals surface area contributed by atoms with Crippen molar-refractivity contribution in [1.29, 1.82) is 0 Å². The summed E-state index contributed by atoms with van der Waals surface area (Å²) < 4.78 is 31.2. The number of amides is 1. The molecule has 0 radical (unpaired) electrons. The number of nitrogens with one attached hydrogen (secondary N) is 1. The van der Waals surface area contributed by atoms with Gasteiger partial charge in [-0.25, -0.2) is 13.4 Å². The van der Waals surface area contributed by atoms with Crippen LogP contribution in [-0.2, 0) is 17.1 Å². The van der Waals surface area contributed by atoms with Crippen LogP contribution in [0.25, 0.3) is 11.1 Å². The van der Waals surface area contributed by atoms with Gasteiger partial charge in [-0.05, 0) is 6.92 Å². The van der Waals surface area contributed by atoms with E-state index in [0.29, 0.717) is 45.0 Å². The van der Waals surface area contributed by atoms with Gasteiger partial charge in [-0.2, -0.15) is 4.31 Å². The second-order valence-electron chi connectivity index (χ2n) is 6.63. The molecule has 3 rings (SSSR count). The molecule has 1 aliphatic rings. The minimum Gasteiger partial charge on any atom is -0.442 e. The number of sulfonamides is 1. The molecule has 1 N–H and O–H groups in total. The van der Waals surface area contributed by atoms with E-state index < -0.39 is 10.0 Å². The molecule has 11 heteroatoms. The average molecular weight is 397 g/mol. The monoisotopic (exact) mass is 397 g/mol. The molecular formula is C16H23N5O5S. The Morgan fingerprint density at radius 3 is 2.59 bits per heavy atom. The van der Waals surface area contributed by atoms with Crippen LogP contribution in [0.1, 0.15) is 16.1 Å². The van der Waals surface area contributed by atoms with Crippen molar-refractivity contribution in [3.63, 3.8) is 0 Å². The van der Waals surface area contributed by atoms with Crippen LogP contribution < -0.4 is 10.9 Å². The normalized spacial score (nSPS) is 16.7. The molecule has 0 aliphatic carbocycles. The van der Waals surface area contributed by atoms with Gasteiger partial charge in [-0.1, -0.05) is 0 Å². The summed E-state index contributed by atoms with van der Waals surface area (Å²) in [5.41, 5.74) is 0.0251. The lowest BCUT2D eigenvalue weighted by Crippen LogP contribution is -2.49. The van der Waals surface area contributed by atoms with Gasteiger partial charge >= 0.3 is 0 Å². The zero-order chi connectivity index (χ0) is 19.8. The number of carbonyl (C=O) groups excluding carboxylic acids is 1. The van der Waals surface area contributed by atoms with Crippen molar-refractivity contribution in [2.24, 2.45) is 7.05 Å². The quantitative estimate of drug-likeness (QED) is 0.698. The van der Waals surface area contributed by atoms with E-state index in [2.05, 4.69) is 15.2 Å². The van der Waals surface area contributed by atoms with Gasteiger partial charge < -0.3 is 14.3 Å². The molecule has 2 aromatic rings. The van der Waals surface area contributed by atoms with Gasteiger partial charge in [-0.3, -0.25) is 14.5 Å². The first-order valence-electron chi connectivity index (χ1n) is 8.59. The molecule has 148 valence electrons. The SMILES string of the molecule is Cc1oc2ncn(C)c(=O)c2c1C(=O)NCCN1CCN(S(C)(=O)=O)CC1. The Labute approximate surface area is 156 Å². The summed E-state index contributed by atoms with van der Waals surface area (Å²) in [5, 5.41) is 2.98. The molecule has 10 nitrogen and oxygen atoms in total. The van der Waals surface area contributed by atoms with Gasteiger partial charge in [0.25, 0.3) is 11.5 Å². The number of aromatic nitrogens is 2. The van der Waals surface area contributed by atoms with E-state index in [1.54, 1.807) is 14.0 Å². The Morgan fingerprint density at radius 1 is 1.30 bits per heavy atom. The van der Waals surface area contributed by atoms with Gasteiger partial charge in [0.15, 0.2) is 0 Å². The fourth-order valence-electron chi connectivity index (χ4n) is 3.16. The van der Waals surface area contributed by atoms with Crippen molar-refractivity contribution in [2.45, 2.75) is 6.92 Å². The first-order chi connectivity index (χ1) is 12.7. The van der Waals surface area contributed by atoms with Crippen LogP contribution in [0.5, 0.6) is 0 Å². The van der Waals surface area contributed by atoms with Gasteiger partial charge in [0, 0.05) is 46.3 Å². The standard InChI is InChI=1S/C16H23N5O5S/c1-11-12(13-15(26-11)18-10-19(2)16(13)23)14(22)17-4-5-20-6-8-21(9-7-20)27(3,24)25/h10H,4-9H2,1-3H3,(H,17,22). The molecular weight excluding hydrogens is 374 g/mol. The molecule has 0 saturated carbocycles. The second kappa shape index (κ2) is 7.41. The number of piperazine rings is 1. The molecule has 27 heavy (non-hydrogen) atoms. The van der Waals surface area contributed by atoms with Crippen LogP contribution >= 0.6 is 0 Å². The predicted molar refractivity (Wildman–Crippen MR) is 99.2 cm³/mol. The lowest BCUT2D eigenvalue weighted by molar-refractivity contribution is 0.0945. The minimum atomic E-state index is -3.16. The van der Waals surface area contributed by atoms with E-state index in [1.165, 1.54) is 21.5 Å². The smallest absolute Gasteiger partial charge is 0.265 e. The largest absolute Gasteiger partial charge is 0.442 e. The fourth-order valence-corrected chi connectivity index (χ4v) is 3.99. The number of nitrogens with zero attached hydrogens (tertiary/aromatic N) is 4. The highest BCUT2D eigenvalue weighted by molar-refractivity contribution is 7.88. The summed E-state index contributed by atoms with van der Waals surface area (Å²) in [6.07, 6.45) is 2.56. The topological polar surface area (TPSA) is 118 Å². The summed E-state index contributed by atoms with van der Waals surface area (Å²) >= 11 is 0. The lowest BCUT2D eigenvalue weighted by atomic mass is 10.2. The van der Waals surface area contributed by atoms with Crippen LogP contribution in [-0.4, -0.2) is 78.6 Å². The average Bonchev–Trinajstić information content (AvgIpc) is 2.95. The zero-order valence-electron chi connectivity index (χ0n) is 15.6. The van der Waals surface area contributed by atoms with Crippen molar-refractivity contribution < 1.29 is 17.6 Å². The van der Waals surface area contributed by atoms with Crippen molar-refractivity contribution in [1.82, 2.24) is 24.1 Å². The van der Waals surface area contributed by atoms with E-state index in [1.807, 2.05) is 0 Å².